The number of fused-ring (bicyclic) bond motifs is 1. The van der Waals surface area contributed by atoms with Crippen molar-refractivity contribution < 1.29 is 5.11 Å². The lowest BCUT2D eigenvalue weighted by Gasteiger charge is -2.28. The average Bonchev–Trinajstić information content (AvgIpc) is 2.76. The Labute approximate surface area is 129 Å². The van der Waals surface area contributed by atoms with E-state index in [2.05, 4.69) is 37.9 Å². The normalized spacial score (nSPS) is 25.4. The minimum absolute atomic E-state index is 0.408. The molecule has 1 aromatic carbocycles. The van der Waals surface area contributed by atoms with E-state index in [1.807, 2.05) is 13.0 Å². The molecule has 1 aromatic rings. The Bertz CT molecular complexity index is 478. The number of hydrogen-bond acceptors (Lipinski definition) is 3. The van der Waals surface area contributed by atoms with Crippen LogP contribution in [0.15, 0.2) is 22.7 Å². The summed E-state index contributed by atoms with van der Waals surface area (Å²) in [6.45, 7) is 6.58. The first-order valence-corrected chi connectivity index (χ1v) is 8.41. The SMILES string of the molecule is C[C@H](O)c1ccc(N2CCCN3CCCC3C2)c(Br)c1. The molecule has 2 aliphatic rings. The predicted octanol–water partition coefficient (Wildman–Crippen LogP) is 3.18. The van der Waals surface area contributed by atoms with E-state index in [0.29, 0.717) is 0 Å². The van der Waals surface area contributed by atoms with Crippen molar-refractivity contribution >= 4 is 21.6 Å². The number of anilines is 1. The molecule has 1 unspecified atom stereocenters. The van der Waals surface area contributed by atoms with Gasteiger partial charge in [0.15, 0.2) is 0 Å². The molecule has 2 saturated heterocycles. The predicted molar refractivity (Wildman–Crippen MR) is 86.2 cm³/mol. The standard InChI is InChI=1S/C16H23BrN2O/c1-12(20)13-5-6-16(15(17)10-13)19-9-3-8-18-7-2-4-14(18)11-19/h5-6,10,12,14,20H,2-4,7-9,11H2,1H3/t12-,14?/m0/s1. The van der Waals surface area contributed by atoms with Crippen LogP contribution >= 0.6 is 15.9 Å². The van der Waals surface area contributed by atoms with Crippen molar-refractivity contribution in [3.63, 3.8) is 0 Å². The summed E-state index contributed by atoms with van der Waals surface area (Å²) in [5.74, 6) is 0. The van der Waals surface area contributed by atoms with Gasteiger partial charge in [0.1, 0.15) is 0 Å². The molecule has 2 fully saturated rings. The number of hydrogen-bond donors (Lipinski definition) is 1. The lowest BCUT2D eigenvalue weighted by molar-refractivity contribution is 0.199. The molecular weight excluding hydrogens is 316 g/mol. The molecule has 0 spiro atoms. The van der Waals surface area contributed by atoms with Gasteiger partial charge in [-0.2, -0.15) is 0 Å². The molecule has 0 saturated carbocycles. The Hall–Kier alpha value is -0.580. The van der Waals surface area contributed by atoms with E-state index in [1.165, 1.54) is 38.0 Å². The maximum absolute atomic E-state index is 9.68. The average molecular weight is 339 g/mol. The molecule has 1 N–H and O–H groups in total. The van der Waals surface area contributed by atoms with Crippen molar-refractivity contribution in [1.82, 2.24) is 4.90 Å². The van der Waals surface area contributed by atoms with Crippen LogP contribution in [0.2, 0.25) is 0 Å². The number of halogens is 1. The molecular formula is C16H23BrN2O. The summed E-state index contributed by atoms with van der Waals surface area (Å²) in [6.07, 6.45) is 3.51. The smallest absolute Gasteiger partial charge is 0.0762 e. The highest BCUT2D eigenvalue weighted by molar-refractivity contribution is 9.10. The number of benzene rings is 1. The zero-order valence-electron chi connectivity index (χ0n) is 12.1. The summed E-state index contributed by atoms with van der Waals surface area (Å²) in [5, 5.41) is 9.68. The van der Waals surface area contributed by atoms with E-state index >= 15 is 0 Å². The molecule has 2 atom stereocenters. The number of aliphatic hydroxyl groups is 1. The van der Waals surface area contributed by atoms with E-state index < -0.39 is 6.10 Å². The minimum Gasteiger partial charge on any atom is -0.389 e. The van der Waals surface area contributed by atoms with E-state index in [0.717, 1.165) is 29.2 Å². The molecule has 3 nitrogen and oxygen atoms in total. The first kappa shape index (κ1) is 14.4. The van der Waals surface area contributed by atoms with Crippen molar-refractivity contribution in [2.45, 2.75) is 38.3 Å². The van der Waals surface area contributed by atoms with Crippen molar-refractivity contribution in [1.29, 1.82) is 0 Å². The Morgan fingerprint density at radius 3 is 2.80 bits per heavy atom. The second-order valence-corrected chi connectivity index (χ2v) is 6.87. The van der Waals surface area contributed by atoms with Crippen LogP contribution < -0.4 is 4.90 Å². The Morgan fingerprint density at radius 1 is 1.25 bits per heavy atom. The topological polar surface area (TPSA) is 26.7 Å². The zero-order chi connectivity index (χ0) is 14.1. The third-order valence-corrected chi connectivity index (χ3v) is 5.23. The second kappa shape index (κ2) is 6.04. The lowest BCUT2D eigenvalue weighted by atomic mass is 10.1. The minimum atomic E-state index is -0.408. The molecule has 4 heteroatoms. The molecule has 0 aromatic heterocycles. The van der Waals surface area contributed by atoms with Crippen LogP contribution in [0.5, 0.6) is 0 Å². The van der Waals surface area contributed by atoms with Gasteiger partial charge >= 0.3 is 0 Å². The van der Waals surface area contributed by atoms with Gasteiger partial charge in [-0.1, -0.05) is 6.07 Å². The summed E-state index contributed by atoms with van der Waals surface area (Å²) >= 11 is 3.68. The van der Waals surface area contributed by atoms with E-state index in [4.69, 9.17) is 0 Å². The van der Waals surface area contributed by atoms with Crippen LogP contribution in [0.25, 0.3) is 0 Å². The van der Waals surface area contributed by atoms with Crippen LogP contribution in [0.4, 0.5) is 5.69 Å². The van der Waals surface area contributed by atoms with Crippen molar-refractivity contribution in [3.05, 3.63) is 28.2 Å². The van der Waals surface area contributed by atoms with Crippen LogP contribution in [-0.2, 0) is 0 Å². The first-order valence-electron chi connectivity index (χ1n) is 7.61. The number of nitrogens with zero attached hydrogens (tertiary/aromatic N) is 2. The zero-order valence-corrected chi connectivity index (χ0v) is 13.6. The van der Waals surface area contributed by atoms with Gasteiger partial charge in [0.25, 0.3) is 0 Å². The Kier molecular flexibility index (Phi) is 4.34. The molecule has 20 heavy (non-hydrogen) atoms. The third-order valence-electron chi connectivity index (χ3n) is 4.60. The molecule has 110 valence electrons. The fourth-order valence-electron chi connectivity index (χ4n) is 3.46. The molecule has 0 radical (unpaired) electrons. The van der Waals surface area contributed by atoms with Gasteiger partial charge in [-0.25, -0.2) is 0 Å². The highest BCUT2D eigenvalue weighted by atomic mass is 79.9. The van der Waals surface area contributed by atoms with E-state index in [9.17, 15) is 5.11 Å². The lowest BCUT2D eigenvalue weighted by Crippen LogP contribution is -2.36. The summed E-state index contributed by atoms with van der Waals surface area (Å²) in [6, 6.07) is 6.97. The van der Waals surface area contributed by atoms with Crippen LogP contribution in [0.3, 0.4) is 0 Å². The summed E-state index contributed by atoms with van der Waals surface area (Å²) in [4.78, 5) is 5.16. The van der Waals surface area contributed by atoms with Gasteiger partial charge in [-0.05, 0) is 66.4 Å². The molecule has 0 amide bonds. The van der Waals surface area contributed by atoms with E-state index in [1.54, 1.807) is 0 Å². The molecule has 3 rings (SSSR count). The molecule has 0 bridgehead atoms. The summed E-state index contributed by atoms with van der Waals surface area (Å²) in [5.41, 5.74) is 2.24. The van der Waals surface area contributed by atoms with Crippen molar-refractivity contribution in [3.8, 4) is 0 Å². The molecule has 2 aliphatic heterocycles. The second-order valence-electron chi connectivity index (χ2n) is 6.02. The summed E-state index contributed by atoms with van der Waals surface area (Å²) in [7, 11) is 0. The van der Waals surface area contributed by atoms with Gasteiger partial charge in [0, 0.05) is 30.1 Å². The largest absolute Gasteiger partial charge is 0.389 e. The van der Waals surface area contributed by atoms with Gasteiger partial charge < -0.3 is 10.0 Å². The number of rotatable bonds is 2. The van der Waals surface area contributed by atoms with Gasteiger partial charge in [0.2, 0.25) is 0 Å². The Balaban J connectivity index is 1.81. The van der Waals surface area contributed by atoms with Crippen molar-refractivity contribution in [2.24, 2.45) is 0 Å². The third kappa shape index (κ3) is 2.87. The van der Waals surface area contributed by atoms with E-state index in [-0.39, 0.29) is 0 Å². The maximum atomic E-state index is 9.68. The molecule has 2 heterocycles. The van der Waals surface area contributed by atoms with Gasteiger partial charge in [-0.15, -0.1) is 0 Å². The van der Waals surface area contributed by atoms with Crippen LogP contribution in [0, 0.1) is 0 Å². The van der Waals surface area contributed by atoms with Gasteiger partial charge in [-0.3, -0.25) is 4.90 Å². The fourth-order valence-corrected chi connectivity index (χ4v) is 4.11. The monoisotopic (exact) mass is 338 g/mol. The first-order chi connectivity index (χ1) is 9.65. The Morgan fingerprint density at radius 2 is 2.05 bits per heavy atom. The quantitative estimate of drug-likeness (QED) is 0.897. The van der Waals surface area contributed by atoms with Crippen molar-refractivity contribution in [2.75, 3.05) is 31.1 Å². The van der Waals surface area contributed by atoms with Crippen LogP contribution in [0.1, 0.15) is 37.9 Å². The summed E-state index contributed by atoms with van der Waals surface area (Å²) < 4.78 is 1.10. The van der Waals surface area contributed by atoms with Gasteiger partial charge in [0.05, 0.1) is 11.8 Å². The maximum Gasteiger partial charge on any atom is 0.0762 e. The highest BCUT2D eigenvalue weighted by Crippen LogP contribution is 2.32. The molecule has 0 aliphatic carbocycles. The number of aliphatic hydroxyl groups excluding tert-OH is 1. The highest BCUT2D eigenvalue weighted by Gasteiger charge is 2.29. The van der Waals surface area contributed by atoms with Crippen LogP contribution in [-0.4, -0.2) is 42.2 Å². The fraction of sp³-hybridized carbons (Fsp3) is 0.625.